The van der Waals surface area contributed by atoms with Crippen LogP contribution in [-0.2, 0) is 18.7 Å². The molecular formula is C26H32FN3O2. The van der Waals surface area contributed by atoms with Gasteiger partial charge >= 0.3 is 0 Å². The fourth-order valence-corrected chi connectivity index (χ4v) is 4.69. The number of ether oxygens (including phenoxy) is 1. The Kier molecular flexibility index (Phi) is 6.63. The number of hydrogen-bond donors (Lipinski definition) is 1. The van der Waals surface area contributed by atoms with Gasteiger partial charge in [-0.2, -0.15) is 5.10 Å². The molecule has 32 heavy (non-hydrogen) atoms. The molecule has 0 saturated carbocycles. The molecule has 1 aromatic heterocycles. The third-order valence-corrected chi connectivity index (χ3v) is 6.46. The van der Waals surface area contributed by atoms with Gasteiger partial charge in [-0.05, 0) is 81.1 Å². The maximum Gasteiger partial charge on any atom is 0.123 e. The summed E-state index contributed by atoms with van der Waals surface area (Å²) in [5.74, 6) is 0.589. The van der Waals surface area contributed by atoms with Gasteiger partial charge in [-0.15, -0.1) is 0 Å². The number of aromatic nitrogens is 2. The fraction of sp³-hybridized carbons (Fsp3) is 0.423. The minimum Gasteiger partial charge on any atom is -0.496 e. The second-order valence-electron chi connectivity index (χ2n) is 8.90. The van der Waals surface area contributed by atoms with E-state index in [1.807, 2.05) is 17.7 Å². The summed E-state index contributed by atoms with van der Waals surface area (Å²) in [7, 11) is 1.70. The van der Waals surface area contributed by atoms with E-state index >= 15 is 0 Å². The van der Waals surface area contributed by atoms with E-state index in [0.29, 0.717) is 19.4 Å². The zero-order valence-corrected chi connectivity index (χ0v) is 19.1. The van der Waals surface area contributed by atoms with E-state index in [1.165, 1.54) is 17.7 Å². The first-order valence-electron chi connectivity index (χ1n) is 11.2. The molecule has 1 aliphatic heterocycles. The van der Waals surface area contributed by atoms with Crippen LogP contribution in [0.2, 0.25) is 0 Å². The Bertz CT molecular complexity index is 1060. The summed E-state index contributed by atoms with van der Waals surface area (Å²) in [4.78, 5) is 2.39. The quantitative estimate of drug-likeness (QED) is 0.614. The number of methoxy groups -OCH3 is 1. The van der Waals surface area contributed by atoms with E-state index in [0.717, 1.165) is 54.3 Å². The van der Waals surface area contributed by atoms with E-state index in [1.54, 1.807) is 19.2 Å². The van der Waals surface area contributed by atoms with Crippen molar-refractivity contribution in [2.24, 2.45) is 0 Å². The van der Waals surface area contributed by atoms with Gasteiger partial charge in [0.25, 0.3) is 0 Å². The Hall–Kier alpha value is -2.70. The Balaban J connectivity index is 1.47. The van der Waals surface area contributed by atoms with Crippen molar-refractivity contribution in [2.75, 3.05) is 20.2 Å². The average Bonchev–Trinajstić information content (AvgIpc) is 2.96. The highest BCUT2D eigenvalue weighted by molar-refractivity contribution is 5.38. The van der Waals surface area contributed by atoms with Crippen molar-refractivity contribution in [1.82, 2.24) is 14.7 Å². The summed E-state index contributed by atoms with van der Waals surface area (Å²) in [5.41, 5.74) is 4.36. The van der Waals surface area contributed by atoms with Crippen molar-refractivity contribution in [2.45, 2.75) is 51.8 Å². The first-order valence-corrected chi connectivity index (χ1v) is 11.2. The highest BCUT2D eigenvalue weighted by Crippen LogP contribution is 2.33. The summed E-state index contributed by atoms with van der Waals surface area (Å²) < 4.78 is 20.9. The molecule has 0 amide bonds. The first-order chi connectivity index (χ1) is 15.4. The third kappa shape index (κ3) is 5.03. The van der Waals surface area contributed by atoms with Crippen LogP contribution in [0.3, 0.4) is 0 Å². The van der Waals surface area contributed by atoms with E-state index in [4.69, 9.17) is 4.74 Å². The smallest absolute Gasteiger partial charge is 0.123 e. The predicted molar refractivity (Wildman–Crippen MR) is 123 cm³/mol. The maximum absolute atomic E-state index is 13.3. The SMILES string of the molecule is COc1ccc(CN2CCC[C@](O)(c3ccc(F)cc3)CC2)cc1Cn1nc(C)cc1C. The van der Waals surface area contributed by atoms with Crippen LogP contribution in [-0.4, -0.2) is 40.0 Å². The number of likely N-dealkylation sites (tertiary alicyclic amines) is 1. The summed E-state index contributed by atoms with van der Waals surface area (Å²) in [6.45, 7) is 7.25. The number of benzene rings is 2. The van der Waals surface area contributed by atoms with E-state index in [9.17, 15) is 9.50 Å². The zero-order valence-electron chi connectivity index (χ0n) is 19.1. The molecule has 170 valence electrons. The number of aryl methyl sites for hydroxylation is 2. The van der Waals surface area contributed by atoms with Gasteiger partial charge in [0, 0.05) is 24.3 Å². The van der Waals surface area contributed by atoms with Crippen molar-refractivity contribution in [3.05, 3.63) is 82.4 Å². The van der Waals surface area contributed by atoms with Crippen LogP contribution in [0.25, 0.3) is 0 Å². The van der Waals surface area contributed by atoms with E-state index < -0.39 is 5.60 Å². The molecule has 1 aliphatic rings. The van der Waals surface area contributed by atoms with Gasteiger partial charge < -0.3 is 9.84 Å². The lowest BCUT2D eigenvalue weighted by molar-refractivity contribution is 0.0209. The third-order valence-electron chi connectivity index (χ3n) is 6.46. The van der Waals surface area contributed by atoms with Crippen LogP contribution in [0.5, 0.6) is 5.75 Å². The van der Waals surface area contributed by atoms with Gasteiger partial charge in [0.2, 0.25) is 0 Å². The molecule has 0 unspecified atom stereocenters. The molecule has 0 radical (unpaired) electrons. The molecule has 2 aromatic carbocycles. The van der Waals surface area contributed by atoms with Gasteiger partial charge in [0.15, 0.2) is 0 Å². The molecule has 1 N–H and O–H groups in total. The minimum absolute atomic E-state index is 0.275. The number of rotatable bonds is 6. The van der Waals surface area contributed by atoms with Crippen LogP contribution in [0, 0.1) is 19.7 Å². The lowest BCUT2D eigenvalue weighted by Crippen LogP contribution is -2.29. The number of hydrogen-bond acceptors (Lipinski definition) is 4. The summed E-state index contributed by atoms with van der Waals surface area (Å²) in [6, 6.07) is 14.7. The van der Waals surface area contributed by atoms with Crippen LogP contribution in [0.1, 0.15) is 47.3 Å². The molecule has 3 aromatic rings. The van der Waals surface area contributed by atoms with Crippen LogP contribution < -0.4 is 4.74 Å². The van der Waals surface area contributed by atoms with E-state index in [-0.39, 0.29) is 5.82 Å². The highest BCUT2D eigenvalue weighted by atomic mass is 19.1. The van der Waals surface area contributed by atoms with Crippen molar-refractivity contribution in [1.29, 1.82) is 0 Å². The Morgan fingerprint density at radius 2 is 1.81 bits per heavy atom. The molecular weight excluding hydrogens is 405 g/mol. The molecule has 0 bridgehead atoms. The predicted octanol–water partition coefficient (Wildman–Crippen LogP) is 4.57. The highest BCUT2D eigenvalue weighted by Gasteiger charge is 2.32. The maximum atomic E-state index is 13.3. The summed E-state index contributed by atoms with van der Waals surface area (Å²) in [6.07, 6.45) is 2.21. The van der Waals surface area contributed by atoms with Gasteiger partial charge in [-0.25, -0.2) is 4.39 Å². The van der Waals surface area contributed by atoms with Crippen LogP contribution in [0.4, 0.5) is 4.39 Å². The molecule has 1 fully saturated rings. The second kappa shape index (κ2) is 9.43. The van der Waals surface area contributed by atoms with Crippen LogP contribution >= 0.6 is 0 Å². The molecule has 2 heterocycles. The molecule has 1 atom stereocenters. The average molecular weight is 438 g/mol. The normalized spacial score (nSPS) is 19.7. The van der Waals surface area contributed by atoms with Crippen molar-refractivity contribution < 1.29 is 14.2 Å². The zero-order chi connectivity index (χ0) is 22.7. The largest absolute Gasteiger partial charge is 0.496 e. The van der Waals surface area contributed by atoms with Gasteiger partial charge in [-0.1, -0.05) is 18.2 Å². The summed E-state index contributed by atoms with van der Waals surface area (Å²) in [5, 5.41) is 15.8. The molecule has 0 aliphatic carbocycles. The van der Waals surface area contributed by atoms with Crippen molar-refractivity contribution in [3.63, 3.8) is 0 Å². The standard InChI is InChI=1S/C26H32FN3O2/c1-19-15-20(2)30(28-19)18-22-16-21(5-10-25(22)32-3)17-29-13-4-11-26(31,12-14-29)23-6-8-24(27)9-7-23/h5-10,15-16,31H,4,11-14,17-18H2,1-3H3/t26-/m1/s1. The van der Waals surface area contributed by atoms with Crippen LogP contribution in [0.15, 0.2) is 48.5 Å². The lowest BCUT2D eigenvalue weighted by atomic mass is 9.87. The molecule has 5 nitrogen and oxygen atoms in total. The fourth-order valence-electron chi connectivity index (χ4n) is 4.69. The number of aliphatic hydroxyl groups is 1. The van der Waals surface area contributed by atoms with Gasteiger partial charge in [-0.3, -0.25) is 9.58 Å². The molecule has 6 heteroatoms. The molecule has 0 spiro atoms. The lowest BCUT2D eigenvalue weighted by Gasteiger charge is -2.27. The minimum atomic E-state index is -0.900. The monoisotopic (exact) mass is 437 g/mol. The van der Waals surface area contributed by atoms with Gasteiger partial charge in [0.05, 0.1) is 24.9 Å². The Morgan fingerprint density at radius 1 is 1.03 bits per heavy atom. The Morgan fingerprint density at radius 3 is 2.50 bits per heavy atom. The van der Waals surface area contributed by atoms with Crippen molar-refractivity contribution in [3.8, 4) is 5.75 Å². The molecule has 1 saturated heterocycles. The summed E-state index contributed by atoms with van der Waals surface area (Å²) >= 11 is 0. The second-order valence-corrected chi connectivity index (χ2v) is 8.90. The molecule has 4 rings (SSSR count). The number of nitrogens with zero attached hydrogens (tertiary/aromatic N) is 3. The van der Waals surface area contributed by atoms with E-state index in [2.05, 4.69) is 35.1 Å². The first kappa shape index (κ1) is 22.5. The topological polar surface area (TPSA) is 50.5 Å². The van der Waals surface area contributed by atoms with Crippen molar-refractivity contribution >= 4 is 0 Å². The Labute approximate surface area is 189 Å². The number of halogens is 1. The van der Waals surface area contributed by atoms with Gasteiger partial charge in [0.1, 0.15) is 11.6 Å².